The summed E-state index contributed by atoms with van der Waals surface area (Å²) in [5.41, 5.74) is 2.34. The molecule has 0 amide bonds. The smallest absolute Gasteiger partial charge is 0.132 e. The molecule has 0 atom stereocenters. The predicted molar refractivity (Wildman–Crippen MR) is 75.0 cm³/mol. The Labute approximate surface area is 112 Å². The average molecular weight is 262 g/mol. The van der Waals surface area contributed by atoms with Crippen molar-refractivity contribution in [1.82, 2.24) is 9.97 Å². The van der Waals surface area contributed by atoms with Crippen LogP contribution < -0.4 is 4.90 Å². The fraction of sp³-hybridized carbons (Fsp3) is 0.286. The highest BCUT2D eigenvalue weighted by Gasteiger charge is 2.07. The van der Waals surface area contributed by atoms with E-state index in [0.717, 1.165) is 24.3 Å². The second-order valence-electron chi connectivity index (χ2n) is 4.15. The van der Waals surface area contributed by atoms with Crippen LogP contribution >= 0.6 is 11.6 Å². The Kier molecular flexibility index (Phi) is 4.53. The number of anilines is 1. The molecule has 2 heterocycles. The molecule has 0 radical (unpaired) electrons. The van der Waals surface area contributed by atoms with E-state index in [-0.39, 0.29) is 0 Å². The third-order valence-corrected chi connectivity index (χ3v) is 3.15. The molecule has 0 saturated heterocycles. The summed E-state index contributed by atoms with van der Waals surface area (Å²) in [7, 11) is 2.04. The Bertz CT molecular complexity index is 487. The molecule has 2 rings (SSSR count). The lowest BCUT2D eigenvalue weighted by atomic mass is 10.2. The van der Waals surface area contributed by atoms with Crippen LogP contribution in [0.25, 0.3) is 0 Å². The summed E-state index contributed by atoms with van der Waals surface area (Å²) >= 11 is 5.92. The molecular weight excluding hydrogens is 246 g/mol. The van der Waals surface area contributed by atoms with Gasteiger partial charge in [0.15, 0.2) is 0 Å². The van der Waals surface area contributed by atoms with Crippen molar-refractivity contribution < 1.29 is 0 Å². The van der Waals surface area contributed by atoms with E-state index in [4.69, 9.17) is 11.6 Å². The Balaban J connectivity index is 2.01. The van der Waals surface area contributed by atoms with Crippen LogP contribution in [0.3, 0.4) is 0 Å². The molecule has 0 spiro atoms. The lowest BCUT2D eigenvalue weighted by Gasteiger charge is -2.20. The highest BCUT2D eigenvalue weighted by Crippen LogP contribution is 2.17. The van der Waals surface area contributed by atoms with E-state index >= 15 is 0 Å². The fourth-order valence-electron chi connectivity index (χ4n) is 1.83. The van der Waals surface area contributed by atoms with Gasteiger partial charge in [0, 0.05) is 37.7 Å². The molecule has 4 heteroatoms. The maximum Gasteiger partial charge on any atom is 0.132 e. The van der Waals surface area contributed by atoms with Gasteiger partial charge in [-0.15, -0.1) is 11.6 Å². The molecule has 18 heavy (non-hydrogen) atoms. The van der Waals surface area contributed by atoms with Gasteiger partial charge < -0.3 is 4.90 Å². The van der Waals surface area contributed by atoms with Crippen LogP contribution in [0.1, 0.15) is 11.1 Å². The van der Waals surface area contributed by atoms with Crippen LogP contribution in [0.4, 0.5) is 5.82 Å². The summed E-state index contributed by atoms with van der Waals surface area (Å²) in [5, 5.41) is 0. The Morgan fingerprint density at radius 3 is 2.67 bits per heavy atom. The number of rotatable bonds is 5. The van der Waals surface area contributed by atoms with Crippen molar-refractivity contribution in [1.29, 1.82) is 0 Å². The van der Waals surface area contributed by atoms with Gasteiger partial charge in [0.2, 0.25) is 0 Å². The van der Waals surface area contributed by atoms with Gasteiger partial charge in [-0.3, -0.25) is 4.98 Å². The number of halogens is 1. The van der Waals surface area contributed by atoms with E-state index in [1.165, 1.54) is 5.56 Å². The zero-order chi connectivity index (χ0) is 12.8. The molecule has 2 aromatic heterocycles. The summed E-state index contributed by atoms with van der Waals surface area (Å²) in [6.07, 6.45) is 6.41. The van der Waals surface area contributed by atoms with Crippen LogP contribution in [0, 0.1) is 0 Å². The van der Waals surface area contributed by atoms with Crippen LogP contribution in [0.5, 0.6) is 0 Å². The van der Waals surface area contributed by atoms with Crippen molar-refractivity contribution in [3.05, 3.63) is 54.0 Å². The molecular formula is C14H16ClN3. The third-order valence-electron chi connectivity index (χ3n) is 2.86. The highest BCUT2D eigenvalue weighted by atomic mass is 35.5. The number of pyridine rings is 2. The molecule has 0 N–H and O–H groups in total. The van der Waals surface area contributed by atoms with Gasteiger partial charge in [-0.25, -0.2) is 4.98 Å². The van der Waals surface area contributed by atoms with E-state index in [0.29, 0.717) is 5.88 Å². The van der Waals surface area contributed by atoms with Crippen molar-refractivity contribution in [3.8, 4) is 0 Å². The minimum absolute atomic E-state index is 0.489. The monoisotopic (exact) mass is 261 g/mol. The van der Waals surface area contributed by atoms with Crippen molar-refractivity contribution >= 4 is 17.4 Å². The Morgan fingerprint density at radius 1 is 1.17 bits per heavy atom. The first kappa shape index (κ1) is 12.8. The molecule has 0 aliphatic rings. The number of alkyl halides is 1. The number of hydrogen-bond acceptors (Lipinski definition) is 3. The van der Waals surface area contributed by atoms with Crippen LogP contribution in [0.2, 0.25) is 0 Å². The van der Waals surface area contributed by atoms with Crippen LogP contribution in [-0.4, -0.2) is 23.6 Å². The van der Waals surface area contributed by atoms with Crippen molar-refractivity contribution in [2.45, 2.75) is 12.3 Å². The van der Waals surface area contributed by atoms with E-state index in [1.54, 1.807) is 6.20 Å². The number of likely N-dealkylation sites (N-methyl/N-ethyl adjacent to an activating group) is 1. The topological polar surface area (TPSA) is 29.0 Å². The second kappa shape index (κ2) is 6.36. The molecule has 0 aliphatic heterocycles. The minimum atomic E-state index is 0.489. The summed E-state index contributed by atoms with van der Waals surface area (Å²) in [6.45, 7) is 0.908. The number of aromatic nitrogens is 2. The maximum atomic E-state index is 5.92. The van der Waals surface area contributed by atoms with Gasteiger partial charge in [-0.05, 0) is 30.2 Å². The molecule has 0 aliphatic carbocycles. The number of nitrogens with zero attached hydrogens (tertiary/aromatic N) is 3. The summed E-state index contributed by atoms with van der Waals surface area (Å²) in [5.74, 6) is 1.45. The number of hydrogen-bond donors (Lipinski definition) is 0. The van der Waals surface area contributed by atoms with Gasteiger partial charge in [0.1, 0.15) is 5.82 Å². The largest absolute Gasteiger partial charge is 0.359 e. The first-order valence-corrected chi connectivity index (χ1v) is 6.44. The second-order valence-corrected chi connectivity index (χ2v) is 4.41. The molecule has 3 nitrogen and oxygen atoms in total. The molecule has 0 unspecified atom stereocenters. The zero-order valence-corrected chi connectivity index (χ0v) is 11.1. The lowest BCUT2D eigenvalue weighted by molar-refractivity contribution is 0.852. The average Bonchev–Trinajstić information content (AvgIpc) is 2.45. The highest BCUT2D eigenvalue weighted by molar-refractivity contribution is 6.17. The quantitative estimate of drug-likeness (QED) is 0.775. The third kappa shape index (κ3) is 3.20. The van der Waals surface area contributed by atoms with Crippen LogP contribution in [-0.2, 0) is 12.3 Å². The maximum absolute atomic E-state index is 5.92. The SMILES string of the molecule is CN(CCc1ccncc1)c1ncccc1CCl. The summed E-state index contributed by atoms with van der Waals surface area (Å²) in [4.78, 5) is 10.5. The van der Waals surface area contributed by atoms with E-state index in [1.807, 2.05) is 43.7 Å². The van der Waals surface area contributed by atoms with Gasteiger partial charge in [-0.2, -0.15) is 0 Å². The minimum Gasteiger partial charge on any atom is -0.359 e. The van der Waals surface area contributed by atoms with E-state index < -0.39 is 0 Å². The van der Waals surface area contributed by atoms with Gasteiger partial charge in [0.05, 0.1) is 5.88 Å². The molecule has 94 valence electrons. The van der Waals surface area contributed by atoms with Gasteiger partial charge in [0.25, 0.3) is 0 Å². The first-order valence-electron chi connectivity index (χ1n) is 5.91. The molecule has 0 fully saturated rings. The summed E-state index contributed by atoms with van der Waals surface area (Å²) < 4.78 is 0. The van der Waals surface area contributed by atoms with E-state index in [9.17, 15) is 0 Å². The fourth-order valence-corrected chi connectivity index (χ4v) is 2.04. The van der Waals surface area contributed by atoms with Crippen molar-refractivity contribution in [2.75, 3.05) is 18.5 Å². The molecule has 2 aromatic rings. The van der Waals surface area contributed by atoms with Crippen molar-refractivity contribution in [3.63, 3.8) is 0 Å². The van der Waals surface area contributed by atoms with Gasteiger partial charge in [-0.1, -0.05) is 6.07 Å². The van der Waals surface area contributed by atoms with Crippen molar-refractivity contribution in [2.24, 2.45) is 0 Å². The first-order chi connectivity index (χ1) is 8.81. The lowest BCUT2D eigenvalue weighted by Crippen LogP contribution is -2.22. The standard InChI is InChI=1S/C14H16ClN3/c1-18(10-6-12-4-8-16-9-5-12)14-13(11-15)3-2-7-17-14/h2-5,7-9H,6,10-11H2,1H3. The summed E-state index contributed by atoms with van der Waals surface area (Å²) in [6, 6.07) is 8.00. The molecule has 0 saturated carbocycles. The molecule has 0 aromatic carbocycles. The van der Waals surface area contributed by atoms with E-state index in [2.05, 4.69) is 14.9 Å². The van der Waals surface area contributed by atoms with Crippen LogP contribution in [0.15, 0.2) is 42.9 Å². The normalized spacial score (nSPS) is 10.3. The Hall–Kier alpha value is -1.61. The zero-order valence-electron chi connectivity index (χ0n) is 10.4. The Morgan fingerprint density at radius 2 is 1.94 bits per heavy atom. The molecule has 0 bridgehead atoms. The van der Waals surface area contributed by atoms with Gasteiger partial charge >= 0.3 is 0 Å². The predicted octanol–water partition coefficient (Wildman–Crippen LogP) is 2.89.